The van der Waals surface area contributed by atoms with Gasteiger partial charge in [0.15, 0.2) is 0 Å². The molecule has 3 nitrogen and oxygen atoms in total. The molecule has 0 aromatic heterocycles. The van der Waals surface area contributed by atoms with Gasteiger partial charge >= 0.3 is 0 Å². The van der Waals surface area contributed by atoms with Gasteiger partial charge in [-0.2, -0.15) is 0 Å². The van der Waals surface area contributed by atoms with Crippen LogP contribution in [0.3, 0.4) is 0 Å². The lowest BCUT2D eigenvalue weighted by Gasteiger charge is -2.50. The normalized spacial score (nSPS) is 60.1. The molecule has 4 saturated carbocycles. The summed E-state index contributed by atoms with van der Waals surface area (Å²) in [5, 5.41) is 10.4. The fraction of sp³-hybridized carbons (Fsp3) is 0.933. The molecule has 1 N–H and O–H groups in total. The van der Waals surface area contributed by atoms with Crippen molar-refractivity contribution in [2.45, 2.75) is 109 Å². The van der Waals surface area contributed by atoms with Gasteiger partial charge in [-0.15, -0.1) is 11.6 Å². The summed E-state index contributed by atoms with van der Waals surface area (Å²) in [4.78, 5) is 2.70. The minimum Gasteiger partial charge on any atom is -0.389 e. The molecule has 4 heteroatoms. The van der Waals surface area contributed by atoms with Crippen LogP contribution in [0.25, 0.3) is 0 Å². The van der Waals surface area contributed by atoms with Crippen LogP contribution in [0.5, 0.6) is 0 Å². The van der Waals surface area contributed by atoms with E-state index in [0.717, 1.165) is 36.6 Å². The monoisotopic (exact) mass is 487 g/mol. The van der Waals surface area contributed by atoms with Gasteiger partial charge in [0.05, 0.1) is 17.8 Å². The highest BCUT2D eigenvalue weighted by molar-refractivity contribution is 6.18. The largest absolute Gasteiger partial charge is 0.389 e. The summed E-state index contributed by atoms with van der Waals surface area (Å²) in [6.45, 7) is 12.4. The average Bonchev–Trinajstić information content (AvgIpc) is 3.13. The Kier molecular flexibility index (Phi) is 4.93. The topological polar surface area (TPSA) is 32.7 Å². The Balaban J connectivity index is 1.22. The van der Waals surface area contributed by atoms with Crippen molar-refractivity contribution in [2.75, 3.05) is 19.0 Å². The third-order valence-corrected chi connectivity index (χ3v) is 13.5. The first-order valence-corrected chi connectivity index (χ1v) is 15.1. The molecule has 2 aliphatic heterocycles. The number of aliphatic hydroxyl groups is 1. The highest BCUT2D eigenvalue weighted by Crippen LogP contribution is 2.87. The van der Waals surface area contributed by atoms with Crippen molar-refractivity contribution in [1.29, 1.82) is 0 Å². The van der Waals surface area contributed by atoms with Crippen LogP contribution < -0.4 is 0 Å². The maximum atomic E-state index is 10.4. The maximum Gasteiger partial charge on any atom is 0.0787 e. The second-order valence-electron chi connectivity index (χ2n) is 14.4. The first kappa shape index (κ1) is 23.1. The Morgan fingerprint density at radius 1 is 1.15 bits per heavy atom. The molecule has 2 saturated heterocycles. The summed E-state index contributed by atoms with van der Waals surface area (Å²) in [6, 6.07) is 0.552. The minimum absolute atomic E-state index is 0.0588. The van der Waals surface area contributed by atoms with E-state index in [2.05, 4.69) is 38.7 Å². The third-order valence-electron chi connectivity index (χ3n) is 13.3. The van der Waals surface area contributed by atoms with Gasteiger partial charge in [0.25, 0.3) is 0 Å². The molecule has 12 atom stereocenters. The fourth-order valence-corrected chi connectivity index (χ4v) is 12.1. The van der Waals surface area contributed by atoms with E-state index in [1.807, 2.05) is 0 Å². The van der Waals surface area contributed by atoms with E-state index in [1.54, 1.807) is 5.57 Å². The summed E-state index contributed by atoms with van der Waals surface area (Å²) in [5.74, 6) is 4.62. The zero-order valence-corrected chi connectivity index (χ0v) is 22.6. The Bertz CT molecular complexity index is 906. The van der Waals surface area contributed by atoms with Gasteiger partial charge in [-0.05, 0) is 92.3 Å². The average molecular weight is 488 g/mol. The number of allylic oxidation sites excluding steroid dienone is 1. The van der Waals surface area contributed by atoms with Crippen LogP contribution in [0.4, 0.5) is 0 Å². The molecule has 190 valence electrons. The van der Waals surface area contributed by atoms with Gasteiger partial charge in [-0.1, -0.05) is 39.3 Å². The number of nitrogens with zero attached hydrogens (tertiary/aromatic N) is 1. The Morgan fingerprint density at radius 2 is 1.97 bits per heavy atom. The number of hydrogen-bond acceptors (Lipinski definition) is 3. The predicted molar refractivity (Wildman–Crippen MR) is 137 cm³/mol. The molecule has 34 heavy (non-hydrogen) atoms. The molecule has 2 heterocycles. The number of rotatable bonds is 2. The summed E-state index contributed by atoms with van der Waals surface area (Å²) in [6.07, 6.45) is 13.9. The standard InChI is InChI=1S/C30H46ClNO2/c1-18-13-25-26(32(16-18)12-11-31)19(2)30(34-25)10-8-23-22-6-5-20-14-21(33)7-9-27(20,3)24(22)15-29(23)17-28(29,30)4/h14,18-19,21-26,33H,5-13,15-17H2,1-4H3/t18-,19+,21-,22-,23-,24-,25+,26-,27-,28?,29?,30+/m0/s1. The SMILES string of the molecule is C[C@H]1C[C@H]2O[C@]3(CC[C@H]4[C@@H]5CCC6=C[C@@H](O)CC[C@]6(C)[C@H]5CC45CC53C)[C@H](C)[C@@H]2N(CCCl)C1. The van der Waals surface area contributed by atoms with E-state index < -0.39 is 0 Å². The van der Waals surface area contributed by atoms with Gasteiger partial charge in [0.1, 0.15) is 0 Å². The lowest BCUT2D eigenvalue weighted by atomic mass is 9.56. The fourth-order valence-electron chi connectivity index (χ4n) is 11.9. The molecule has 0 bridgehead atoms. The molecule has 6 fully saturated rings. The molecule has 0 radical (unpaired) electrons. The smallest absolute Gasteiger partial charge is 0.0787 e. The number of aliphatic hydroxyl groups excluding tert-OH is 1. The second kappa shape index (κ2) is 7.27. The van der Waals surface area contributed by atoms with Crippen LogP contribution in [0.2, 0.25) is 0 Å². The van der Waals surface area contributed by atoms with Gasteiger partial charge < -0.3 is 9.84 Å². The number of likely N-dealkylation sites (tertiary alicyclic amines) is 1. The van der Waals surface area contributed by atoms with E-state index in [4.69, 9.17) is 16.3 Å². The Labute approximate surface area is 212 Å². The summed E-state index contributed by atoms with van der Waals surface area (Å²) in [7, 11) is 0. The van der Waals surface area contributed by atoms with Crippen molar-refractivity contribution in [2.24, 2.45) is 45.8 Å². The number of hydrogen-bond donors (Lipinski definition) is 1. The van der Waals surface area contributed by atoms with Crippen molar-refractivity contribution in [3.05, 3.63) is 11.6 Å². The summed E-state index contributed by atoms with van der Waals surface area (Å²) < 4.78 is 7.38. The van der Waals surface area contributed by atoms with Crippen LogP contribution in [0, 0.1) is 45.8 Å². The highest BCUT2D eigenvalue weighted by atomic mass is 35.5. The van der Waals surface area contributed by atoms with Crippen LogP contribution >= 0.6 is 11.6 Å². The molecule has 7 aliphatic rings. The molecule has 0 aromatic rings. The molecular formula is C30H46ClNO2. The first-order chi connectivity index (χ1) is 16.2. The summed E-state index contributed by atoms with van der Waals surface area (Å²) in [5.41, 5.74) is 2.82. The lowest BCUT2D eigenvalue weighted by Crippen LogP contribution is -2.54. The van der Waals surface area contributed by atoms with E-state index in [1.165, 1.54) is 57.9 Å². The van der Waals surface area contributed by atoms with Crippen LogP contribution in [-0.4, -0.2) is 52.8 Å². The second-order valence-corrected chi connectivity index (χ2v) is 14.8. The molecule has 5 aliphatic carbocycles. The van der Waals surface area contributed by atoms with Gasteiger partial charge in [-0.3, -0.25) is 4.90 Å². The third kappa shape index (κ3) is 2.62. The quantitative estimate of drug-likeness (QED) is 0.381. The van der Waals surface area contributed by atoms with Crippen LogP contribution in [0.15, 0.2) is 11.6 Å². The van der Waals surface area contributed by atoms with Crippen LogP contribution in [-0.2, 0) is 4.74 Å². The molecule has 0 aromatic carbocycles. The van der Waals surface area contributed by atoms with Crippen LogP contribution in [0.1, 0.15) is 85.5 Å². The van der Waals surface area contributed by atoms with Crippen molar-refractivity contribution in [3.63, 3.8) is 0 Å². The van der Waals surface area contributed by atoms with Gasteiger partial charge in [0.2, 0.25) is 0 Å². The number of alkyl halides is 1. The zero-order chi connectivity index (χ0) is 23.7. The molecule has 0 amide bonds. The molecule has 2 unspecified atom stereocenters. The minimum atomic E-state index is -0.203. The number of fused-ring (bicyclic) bond motifs is 6. The summed E-state index contributed by atoms with van der Waals surface area (Å²) >= 11 is 6.28. The number of piperidine rings is 1. The van der Waals surface area contributed by atoms with E-state index in [0.29, 0.717) is 40.2 Å². The molecule has 2 spiro atoms. The molecular weight excluding hydrogens is 442 g/mol. The zero-order valence-electron chi connectivity index (χ0n) is 21.9. The van der Waals surface area contributed by atoms with Crippen molar-refractivity contribution in [1.82, 2.24) is 4.90 Å². The van der Waals surface area contributed by atoms with Gasteiger partial charge in [-0.25, -0.2) is 0 Å². The molecule has 7 rings (SSSR count). The van der Waals surface area contributed by atoms with Crippen molar-refractivity contribution in [3.8, 4) is 0 Å². The Hall–Kier alpha value is -0.0900. The number of halogens is 1. The Morgan fingerprint density at radius 3 is 2.76 bits per heavy atom. The van der Waals surface area contributed by atoms with E-state index >= 15 is 0 Å². The van der Waals surface area contributed by atoms with E-state index in [9.17, 15) is 5.11 Å². The lowest BCUT2D eigenvalue weighted by molar-refractivity contribution is -0.148. The highest BCUT2D eigenvalue weighted by Gasteiger charge is 2.84. The van der Waals surface area contributed by atoms with Crippen molar-refractivity contribution < 1.29 is 9.84 Å². The number of ether oxygens (including phenoxy) is 1. The first-order valence-electron chi connectivity index (χ1n) is 14.6. The van der Waals surface area contributed by atoms with Crippen molar-refractivity contribution >= 4 is 11.6 Å². The maximum absolute atomic E-state index is 10.4. The predicted octanol–water partition coefficient (Wildman–Crippen LogP) is 6.03. The van der Waals surface area contributed by atoms with Gasteiger partial charge in [0, 0.05) is 36.3 Å². The van der Waals surface area contributed by atoms with E-state index in [-0.39, 0.29) is 11.7 Å².